The van der Waals surface area contributed by atoms with Gasteiger partial charge in [0.15, 0.2) is 0 Å². The maximum absolute atomic E-state index is 12.8. The summed E-state index contributed by atoms with van der Waals surface area (Å²) in [7, 11) is 0. The maximum atomic E-state index is 12.8. The number of carboxylic acids is 1. The molecule has 7 heteroatoms. The molecule has 1 aromatic carbocycles. The summed E-state index contributed by atoms with van der Waals surface area (Å²) >= 11 is 0. The van der Waals surface area contributed by atoms with Crippen LogP contribution in [0.1, 0.15) is 57.1 Å². The van der Waals surface area contributed by atoms with Crippen LogP contribution < -0.4 is 10.2 Å². The number of carbonyl (C=O) groups is 2. The van der Waals surface area contributed by atoms with Gasteiger partial charge in [-0.3, -0.25) is 9.59 Å². The van der Waals surface area contributed by atoms with E-state index in [1.807, 2.05) is 25.1 Å². The highest BCUT2D eigenvalue weighted by Gasteiger charge is 2.44. The number of amides is 1. The summed E-state index contributed by atoms with van der Waals surface area (Å²) in [5.41, 5.74) is 3.37. The van der Waals surface area contributed by atoms with Crippen molar-refractivity contribution in [2.75, 3.05) is 23.3 Å². The molecule has 2 aromatic rings. The number of nitrogens with one attached hydrogen (secondary N) is 1. The first kappa shape index (κ1) is 22.8. The molecule has 0 saturated heterocycles. The summed E-state index contributed by atoms with van der Waals surface area (Å²) < 4.78 is 5.18. The lowest BCUT2D eigenvalue weighted by atomic mass is 10.0. The van der Waals surface area contributed by atoms with E-state index in [9.17, 15) is 14.7 Å². The zero-order chi connectivity index (χ0) is 22.7. The molecule has 0 bridgehead atoms. The van der Waals surface area contributed by atoms with E-state index in [0.29, 0.717) is 24.0 Å². The SMILES string of the molecule is Cc1cc(CC(=O)Nc2cc([C@@H]3C[C@@H]3C(=O)O)ccc2N(CC(C)C)CC(C)C)on1. The van der Waals surface area contributed by atoms with Gasteiger partial charge in [-0.25, -0.2) is 0 Å². The number of rotatable bonds is 10. The van der Waals surface area contributed by atoms with Crippen molar-refractivity contribution in [1.29, 1.82) is 0 Å². The Hall–Kier alpha value is -2.83. The molecule has 31 heavy (non-hydrogen) atoms. The third-order valence-corrected chi connectivity index (χ3v) is 5.35. The molecule has 168 valence electrons. The van der Waals surface area contributed by atoms with E-state index in [1.165, 1.54) is 0 Å². The van der Waals surface area contributed by atoms with Crippen LogP contribution in [-0.2, 0) is 16.0 Å². The van der Waals surface area contributed by atoms with Gasteiger partial charge in [0.1, 0.15) is 5.76 Å². The average Bonchev–Trinajstić information content (AvgIpc) is 3.37. The molecule has 1 fully saturated rings. The van der Waals surface area contributed by atoms with E-state index in [0.717, 1.165) is 35.7 Å². The molecule has 0 radical (unpaired) electrons. The number of hydrogen-bond acceptors (Lipinski definition) is 5. The van der Waals surface area contributed by atoms with Crippen molar-refractivity contribution in [2.24, 2.45) is 17.8 Å². The molecule has 0 spiro atoms. The average molecular weight is 428 g/mol. The normalized spacial score (nSPS) is 17.8. The minimum absolute atomic E-state index is 0.00257. The van der Waals surface area contributed by atoms with Crippen LogP contribution in [0.4, 0.5) is 11.4 Å². The van der Waals surface area contributed by atoms with Crippen LogP contribution in [0.5, 0.6) is 0 Å². The summed E-state index contributed by atoms with van der Waals surface area (Å²) in [6, 6.07) is 7.72. The van der Waals surface area contributed by atoms with Gasteiger partial charge >= 0.3 is 5.97 Å². The number of anilines is 2. The summed E-state index contributed by atoms with van der Waals surface area (Å²) in [4.78, 5) is 26.4. The zero-order valence-electron chi connectivity index (χ0n) is 19.0. The fraction of sp³-hybridized carbons (Fsp3) is 0.542. The van der Waals surface area contributed by atoms with Crippen molar-refractivity contribution in [1.82, 2.24) is 5.16 Å². The van der Waals surface area contributed by atoms with E-state index >= 15 is 0 Å². The molecule has 3 rings (SSSR count). The van der Waals surface area contributed by atoms with Gasteiger partial charge in [-0.2, -0.15) is 0 Å². The van der Waals surface area contributed by atoms with Crippen molar-refractivity contribution in [3.63, 3.8) is 0 Å². The van der Waals surface area contributed by atoms with E-state index in [1.54, 1.807) is 6.07 Å². The highest BCUT2D eigenvalue weighted by molar-refractivity contribution is 5.95. The van der Waals surface area contributed by atoms with Gasteiger partial charge in [0.05, 0.1) is 29.4 Å². The number of nitrogens with zero attached hydrogens (tertiary/aromatic N) is 2. The maximum Gasteiger partial charge on any atom is 0.307 e. The van der Waals surface area contributed by atoms with Crippen LogP contribution in [0.2, 0.25) is 0 Å². The quantitative estimate of drug-likeness (QED) is 0.581. The smallest absolute Gasteiger partial charge is 0.307 e. The third-order valence-electron chi connectivity index (χ3n) is 5.35. The van der Waals surface area contributed by atoms with E-state index in [4.69, 9.17) is 4.52 Å². The number of hydrogen-bond donors (Lipinski definition) is 2. The lowest BCUT2D eigenvalue weighted by Crippen LogP contribution is -2.32. The first-order valence-corrected chi connectivity index (χ1v) is 11.0. The highest BCUT2D eigenvalue weighted by atomic mass is 16.5. The molecule has 1 aliphatic carbocycles. The van der Waals surface area contributed by atoms with Crippen molar-refractivity contribution < 1.29 is 19.2 Å². The number of carboxylic acid groups (broad SMARTS) is 1. The molecular formula is C24H33N3O4. The van der Waals surface area contributed by atoms with Gasteiger partial charge < -0.3 is 19.8 Å². The predicted molar refractivity (Wildman–Crippen MR) is 120 cm³/mol. The van der Waals surface area contributed by atoms with E-state index in [2.05, 4.69) is 43.1 Å². The van der Waals surface area contributed by atoms with Gasteiger partial charge in [0.2, 0.25) is 5.91 Å². The lowest BCUT2D eigenvalue weighted by Gasteiger charge is -2.30. The van der Waals surface area contributed by atoms with Crippen LogP contribution in [0.3, 0.4) is 0 Å². The summed E-state index contributed by atoms with van der Waals surface area (Å²) in [6.45, 7) is 12.2. The Balaban J connectivity index is 1.89. The first-order valence-electron chi connectivity index (χ1n) is 11.0. The predicted octanol–water partition coefficient (Wildman–Crippen LogP) is 4.47. The van der Waals surface area contributed by atoms with Gasteiger partial charge in [0, 0.05) is 19.2 Å². The molecule has 0 aliphatic heterocycles. The van der Waals surface area contributed by atoms with Gasteiger partial charge in [0.25, 0.3) is 0 Å². The minimum Gasteiger partial charge on any atom is -0.481 e. The fourth-order valence-corrected chi connectivity index (χ4v) is 4.00. The fourth-order valence-electron chi connectivity index (χ4n) is 4.00. The van der Waals surface area contributed by atoms with Crippen molar-refractivity contribution in [3.05, 3.63) is 41.3 Å². The summed E-state index contributed by atoms with van der Waals surface area (Å²) in [6.07, 6.45) is 0.737. The Bertz CT molecular complexity index is 925. The second kappa shape index (κ2) is 9.54. The standard InChI is InChI=1S/C24H33N3O4/c1-14(2)12-27(13-15(3)4)22-7-6-17(19-11-20(19)24(29)30)9-21(22)25-23(28)10-18-8-16(5)26-31-18/h6-9,14-15,19-20H,10-13H2,1-5H3,(H,25,28)(H,29,30)/t19-,20-/m0/s1. The van der Waals surface area contributed by atoms with Crippen LogP contribution in [0.25, 0.3) is 0 Å². The third kappa shape index (κ3) is 6.09. The number of aryl methyl sites for hydroxylation is 1. The molecule has 1 amide bonds. The zero-order valence-corrected chi connectivity index (χ0v) is 19.0. The van der Waals surface area contributed by atoms with Crippen molar-refractivity contribution in [2.45, 2.75) is 53.4 Å². The molecule has 1 saturated carbocycles. The minimum atomic E-state index is -0.762. The largest absolute Gasteiger partial charge is 0.481 e. The number of benzene rings is 1. The highest BCUT2D eigenvalue weighted by Crippen LogP contribution is 2.49. The number of carbonyl (C=O) groups excluding carboxylic acids is 1. The van der Waals surface area contributed by atoms with Crippen LogP contribution >= 0.6 is 0 Å². The molecular weight excluding hydrogens is 394 g/mol. The Morgan fingerprint density at radius 2 is 1.87 bits per heavy atom. The summed E-state index contributed by atoms with van der Waals surface area (Å²) in [5.74, 6) is 0.146. The van der Waals surface area contributed by atoms with E-state index < -0.39 is 5.97 Å². The Kier molecular flexibility index (Phi) is 7.03. The molecule has 1 heterocycles. The molecule has 0 unspecified atom stereocenters. The molecule has 2 atom stereocenters. The Morgan fingerprint density at radius 3 is 2.39 bits per heavy atom. The molecule has 1 aliphatic rings. The van der Waals surface area contributed by atoms with Crippen LogP contribution in [0.15, 0.2) is 28.8 Å². The van der Waals surface area contributed by atoms with Crippen molar-refractivity contribution >= 4 is 23.3 Å². The molecule has 2 N–H and O–H groups in total. The second-order valence-electron chi connectivity index (χ2n) is 9.42. The Labute approximate surface area is 183 Å². The first-order chi connectivity index (χ1) is 14.6. The number of aliphatic carboxylic acids is 1. The van der Waals surface area contributed by atoms with Crippen LogP contribution in [0, 0.1) is 24.7 Å². The van der Waals surface area contributed by atoms with Crippen LogP contribution in [-0.4, -0.2) is 35.2 Å². The van der Waals surface area contributed by atoms with Gasteiger partial charge in [-0.1, -0.05) is 38.9 Å². The summed E-state index contributed by atoms with van der Waals surface area (Å²) in [5, 5.41) is 16.2. The Morgan fingerprint density at radius 1 is 1.19 bits per heavy atom. The van der Waals surface area contributed by atoms with Gasteiger partial charge in [-0.15, -0.1) is 0 Å². The number of aromatic nitrogens is 1. The van der Waals surface area contributed by atoms with Crippen molar-refractivity contribution in [3.8, 4) is 0 Å². The van der Waals surface area contributed by atoms with E-state index in [-0.39, 0.29) is 24.2 Å². The lowest BCUT2D eigenvalue weighted by molar-refractivity contribution is -0.138. The topological polar surface area (TPSA) is 95.7 Å². The molecule has 7 nitrogen and oxygen atoms in total. The molecule has 1 aromatic heterocycles. The monoisotopic (exact) mass is 427 g/mol. The second-order valence-corrected chi connectivity index (χ2v) is 9.42. The van der Waals surface area contributed by atoms with Gasteiger partial charge in [-0.05, 0) is 48.8 Å².